The number of nitrogens with zero attached hydrogens (tertiary/aromatic N) is 1. The summed E-state index contributed by atoms with van der Waals surface area (Å²) >= 11 is 1.46. The molecule has 0 aromatic carbocycles. The van der Waals surface area contributed by atoms with Crippen molar-refractivity contribution in [3.63, 3.8) is 0 Å². The molecule has 0 saturated heterocycles. The van der Waals surface area contributed by atoms with E-state index < -0.39 is 11.7 Å². The summed E-state index contributed by atoms with van der Waals surface area (Å²) in [4.78, 5) is 4.85. The van der Waals surface area contributed by atoms with Crippen LogP contribution in [0.4, 0.5) is 19.0 Å². The summed E-state index contributed by atoms with van der Waals surface area (Å²) in [5, 5.41) is 1.81. The summed E-state index contributed by atoms with van der Waals surface area (Å²) in [6, 6.07) is 3.60. The Morgan fingerprint density at radius 3 is 2.53 bits per heavy atom. The Balaban J connectivity index is 2.57. The number of thiophene rings is 1. The predicted molar refractivity (Wildman–Crippen MR) is 61.7 cm³/mol. The van der Waals surface area contributed by atoms with Crippen molar-refractivity contribution in [1.82, 2.24) is 4.98 Å². The molecule has 0 aliphatic heterocycles. The van der Waals surface area contributed by atoms with Crippen molar-refractivity contribution in [2.45, 2.75) is 13.1 Å². The fourth-order valence-corrected chi connectivity index (χ4v) is 2.21. The number of aromatic nitrogens is 1. The highest BCUT2D eigenvalue weighted by Gasteiger charge is 2.31. The Bertz CT molecular complexity index is 546. The van der Waals surface area contributed by atoms with Gasteiger partial charge in [0.2, 0.25) is 0 Å². The van der Waals surface area contributed by atoms with Crippen LogP contribution in [0.15, 0.2) is 23.6 Å². The van der Waals surface area contributed by atoms with Gasteiger partial charge in [0.05, 0.1) is 11.3 Å². The molecular weight excluding hydrogens is 249 g/mol. The normalized spacial score (nSPS) is 11.8. The van der Waals surface area contributed by atoms with E-state index in [1.54, 1.807) is 6.07 Å². The minimum atomic E-state index is -4.41. The molecule has 0 aliphatic carbocycles. The summed E-state index contributed by atoms with van der Waals surface area (Å²) in [6.07, 6.45) is -4.41. The quantitative estimate of drug-likeness (QED) is 0.846. The van der Waals surface area contributed by atoms with Crippen molar-refractivity contribution in [1.29, 1.82) is 0 Å². The van der Waals surface area contributed by atoms with Crippen molar-refractivity contribution in [3.05, 3.63) is 34.0 Å². The van der Waals surface area contributed by atoms with Gasteiger partial charge in [0.15, 0.2) is 0 Å². The van der Waals surface area contributed by atoms with E-state index in [-0.39, 0.29) is 11.5 Å². The third kappa shape index (κ3) is 2.41. The van der Waals surface area contributed by atoms with Crippen LogP contribution in [0.5, 0.6) is 0 Å². The molecule has 0 amide bonds. The lowest BCUT2D eigenvalue weighted by molar-refractivity contribution is -0.137. The van der Waals surface area contributed by atoms with Gasteiger partial charge in [-0.25, -0.2) is 4.98 Å². The summed E-state index contributed by atoms with van der Waals surface area (Å²) in [5.41, 5.74) is 5.58. The lowest BCUT2D eigenvalue weighted by Gasteiger charge is -2.09. The molecule has 0 atom stereocenters. The first-order chi connectivity index (χ1) is 7.88. The van der Waals surface area contributed by atoms with Gasteiger partial charge >= 0.3 is 6.18 Å². The molecule has 2 rings (SSSR count). The number of halogens is 3. The van der Waals surface area contributed by atoms with E-state index in [1.807, 2.05) is 12.3 Å². The molecule has 0 aliphatic rings. The van der Waals surface area contributed by atoms with E-state index >= 15 is 0 Å². The van der Waals surface area contributed by atoms with E-state index in [1.165, 1.54) is 11.3 Å². The number of anilines is 1. The zero-order chi connectivity index (χ0) is 12.6. The number of hydrogen-bond donors (Lipinski definition) is 1. The smallest absolute Gasteiger partial charge is 0.384 e. The third-order valence-corrected chi connectivity index (χ3v) is 3.15. The second kappa shape index (κ2) is 4.03. The van der Waals surface area contributed by atoms with Crippen LogP contribution in [0.3, 0.4) is 0 Å². The van der Waals surface area contributed by atoms with Gasteiger partial charge in [0.25, 0.3) is 0 Å². The first-order valence-electron chi connectivity index (χ1n) is 4.77. The van der Waals surface area contributed by atoms with Crippen LogP contribution in [0, 0.1) is 6.92 Å². The molecule has 2 heterocycles. The highest BCUT2D eigenvalue weighted by molar-refractivity contribution is 7.10. The molecule has 17 heavy (non-hydrogen) atoms. The van der Waals surface area contributed by atoms with Gasteiger partial charge in [-0.2, -0.15) is 13.2 Å². The van der Waals surface area contributed by atoms with E-state index in [0.29, 0.717) is 5.56 Å². The van der Waals surface area contributed by atoms with Gasteiger partial charge in [-0.15, -0.1) is 11.3 Å². The van der Waals surface area contributed by atoms with Crippen molar-refractivity contribution >= 4 is 17.2 Å². The van der Waals surface area contributed by atoms with Gasteiger partial charge in [-0.3, -0.25) is 0 Å². The van der Waals surface area contributed by atoms with Gasteiger partial charge < -0.3 is 5.73 Å². The monoisotopic (exact) mass is 258 g/mol. The Hall–Kier alpha value is -1.56. The van der Waals surface area contributed by atoms with E-state index in [4.69, 9.17) is 5.73 Å². The van der Waals surface area contributed by atoms with Crippen LogP contribution in [0.25, 0.3) is 11.3 Å². The van der Waals surface area contributed by atoms with Crippen LogP contribution < -0.4 is 5.73 Å². The lowest BCUT2D eigenvalue weighted by Crippen LogP contribution is -2.07. The number of rotatable bonds is 1. The molecule has 0 radical (unpaired) electrons. The number of alkyl halides is 3. The van der Waals surface area contributed by atoms with Crippen molar-refractivity contribution in [3.8, 4) is 11.3 Å². The molecule has 2 N–H and O–H groups in total. The Morgan fingerprint density at radius 2 is 2.00 bits per heavy atom. The molecule has 0 unspecified atom stereocenters. The van der Waals surface area contributed by atoms with Gasteiger partial charge in [0, 0.05) is 10.4 Å². The van der Waals surface area contributed by atoms with Gasteiger partial charge in [-0.05, 0) is 30.5 Å². The maximum Gasteiger partial charge on any atom is 0.416 e. The molecule has 2 nitrogen and oxygen atoms in total. The second-order valence-corrected chi connectivity index (χ2v) is 4.67. The first kappa shape index (κ1) is 11.9. The van der Waals surface area contributed by atoms with Crippen molar-refractivity contribution < 1.29 is 13.2 Å². The Kier molecular flexibility index (Phi) is 2.82. The van der Waals surface area contributed by atoms with E-state index in [0.717, 1.165) is 17.0 Å². The topological polar surface area (TPSA) is 38.9 Å². The molecule has 0 saturated carbocycles. The van der Waals surface area contributed by atoms with E-state index in [9.17, 15) is 13.2 Å². The third-order valence-electron chi connectivity index (χ3n) is 2.31. The Labute approximate surface area is 99.9 Å². The summed E-state index contributed by atoms with van der Waals surface area (Å²) < 4.78 is 37.8. The number of aryl methyl sites for hydroxylation is 1. The Morgan fingerprint density at radius 1 is 1.29 bits per heavy atom. The zero-order valence-corrected chi connectivity index (χ0v) is 9.69. The largest absolute Gasteiger partial charge is 0.416 e. The number of pyridine rings is 1. The van der Waals surface area contributed by atoms with Gasteiger partial charge in [0.1, 0.15) is 5.82 Å². The molecule has 0 fully saturated rings. The maximum atomic E-state index is 12.6. The van der Waals surface area contributed by atoms with Gasteiger partial charge in [-0.1, -0.05) is 0 Å². The fraction of sp³-hybridized carbons (Fsp3) is 0.182. The highest BCUT2D eigenvalue weighted by atomic mass is 32.1. The fourth-order valence-electron chi connectivity index (χ4n) is 1.50. The first-order valence-corrected chi connectivity index (χ1v) is 5.65. The van der Waals surface area contributed by atoms with Crippen LogP contribution in [0.2, 0.25) is 0 Å². The molecule has 0 spiro atoms. The highest BCUT2D eigenvalue weighted by Crippen LogP contribution is 2.34. The van der Waals surface area contributed by atoms with Crippen LogP contribution >= 0.6 is 11.3 Å². The predicted octanol–water partition coefficient (Wildman–Crippen LogP) is 3.72. The molecule has 6 heteroatoms. The van der Waals surface area contributed by atoms with Crippen LogP contribution in [0.1, 0.15) is 10.4 Å². The minimum absolute atomic E-state index is 0.125. The molecule has 0 bridgehead atoms. The average Bonchev–Trinajstić information content (AvgIpc) is 2.62. The second-order valence-electron chi connectivity index (χ2n) is 3.55. The lowest BCUT2D eigenvalue weighted by atomic mass is 10.1. The molecule has 2 aromatic heterocycles. The minimum Gasteiger partial charge on any atom is -0.384 e. The number of nitrogen functional groups attached to an aromatic ring is 1. The zero-order valence-electron chi connectivity index (χ0n) is 8.88. The summed E-state index contributed by atoms with van der Waals surface area (Å²) in [5.74, 6) is -0.125. The van der Waals surface area contributed by atoms with Crippen molar-refractivity contribution in [2.24, 2.45) is 0 Å². The average molecular weight is 258 g/mol. The van der Waals surface area contributed by atoms with Crippen LogP contribution in [-0.2, 0) is 6.18 Å². The molecular formula is C11H9F3N2S. The summed E-state index contributed by atoms with van der Waals surface area (Å²) in [7, 11) is 0. The molecule has 2 aromatic rings. The van der Waals surface area contributed by atoms with Crippen LogP contribution in [-0.4, -0.2) is 4.98 Å². The maximum absolute atomic E-state index is 12.6. The standard InChI is InChI=1S/C11H9F3N2S/c1-6-8(2-3-17-6)9-4-7(11(12,13)14)5-10(15)16-9/h2-5H,1H3,(H2,15,16). The molecule has 90 valence electrons. The number of hydrogen-bond acceptors (Lipinski definition) is 3. The SMILES string of the molecule is Cc1sccc1-c1cc(C(F)(F)F)cc(N)n1. The van der Waals surface area contributed by atoms with Crippen molar-refractivity contribution in [2.75, 3.05) is 5.73 Å². The van der Waals surface area contributed by atoms with E-state index in [2.05, 4.69) is 4.98 Å². The summed E-state index contributed by atoms with van der Waals surface area (Å²) in [6.45, 7) is 1.83. The number of nitrogens with two attached hydrogens (primary N) is 1.